The van der Waals surface area contributed by atoms with Crippen LogP contribution in [-0.2, 0) is 13.2 Å². The van der Waals surface area contributed by atoms with Gasteiger partial charge in [-0.2, -0.15) is 0 Å². The molecule has 2 aromatic carbocycles. The highest BCUT2D eigenvalue weighted by atomic mass is 79.9. The van der Waals surface area contributed by atoms with E-state index in [1.807, 2.05) is 18.2 Å². The van der Waals surface area contributed by atoms with E-state index in [2.05, 4.69) is 28.2 Å². The van der Waals surface area contributed by atoms with Crippen molar-refractivity contribution in [3.8, 4) is 11.5 Å². The number of benzene rings is 2. The second kappa shape index (κ2) is 11.0. The van der Waals surface area contributed by atoms with Crippen molar-refractivity contribution < 1.29 is 9.47 Å². The number of hydrogen-bond acceptors (Lipinski definition) is 3. The van der Waals surface area contributed by atoms with Crippen LogP contribution in [0.5, 0.6) is 11.5 Å². The molecular weight excluding hydrogens is 437 g/mol. The Labute approximate surface area is 174 Å². The van der Waals surface area contributed by atoms with Crippen molar-refractivity contribution in [3.63, 3.8) is 0 Å². The van der Waals surface area contributed by atoms with Gasteiger partial charge in [-0.1, -0.05) is 65.0 Å². The molecule has 2 rings (SSSR count). The van der Waals surface area contributed by atoms with Crippen LogP contribution in [-0.4, -0.2) is 13.7 Å². The van der Waals surface area contributed by atoms with E-state index in [0.29, 0.717) is 28.2 Å². The van der Waals surface area contributed by atoms with Gasteiger partial charge in [0.05, 0.1) is 17.2 Å². The van der Waals surface area contributed by atoms with Crippen LogP contribution in [0.4, 0.5) is 0 Å². The number of unbranched alkanes of at least 4 members (excludes halogenated alkanes) is 2. The van der Waals surface area contributed by atoms with Gasteiger partial charge in [-0.25, -0.2) is 0 Å². The average Bonchev–Trinajstić information content (AvgIpc) is 2.63. The molecule has 0 spiro atoms. The lowest BCUT2D eigenvalue weighted by Crippen LogP contribution is -2.15. The topological polar surface area (TPSA) is 30.5 Å². The van der Waals surface area contributed by atoms with Crippen LogP contribution in [0.3, 0.4) is 0 Å². The molecule has 0 heterocycles. The standard InChI is InChI=1S/C20H24BrCl2NO2/c1-3-4-5-8-24-12-15-10-19(25-2)20(11-16(15)21)26-13-14-6-7-17(22)18(23)9-14/h6-7,9-11,24H,3-5,8,12-13H2,1-2H3. The highest BCUT2D eigenvalue weighted by Gasteiger charge is 2.11. The van der Waals surface area contributed by atoms with Gasteiger partial charge < -0.3 is 14.8 Å². The lowest BCUT2D eigenvalue weighted by molar-refractivity contribution is 0.284. The van der Waals surface area contributed by atoms with E-state index in [1.54, 1.807) is 19.2 Å². The molecule has 3 nitrogen and oxygen atoms in total. The van der Waals surface area contributed by atoms with Crippen molar-refractivity contribution in [2.45, 2.75) is 39.3 Å². The Kier molecular flexibility index (Phi) is 9.06. The summed E-state index contributed by atoms with van der Waals surface area (Å²) in [6.07, 6.45) is 3.67. The zero-order valence-corrected chi connectivity index (χ0v) is 18.2. The SMILES string of the molecule is CCCCCNCc1cc(OC)c(OCc2ccc(Cl)c(Cl)c2)cc1Br. The predicted octanol–water partition coefficient (Wildman–Crippen LogP) is 6.62. The summed E-state index contributed by atoms with van der Waals surface area (Å²) < 4.78 is 12.4. The van der Waals surface area contributed by atoms with E-state index in [9.17, 15) is 0 Å². The van der Waals surface area contributed by atoms with Gasteiger partial charge in [-0.3, -0.25) is 0 Å². The van der Waals surface area contributed by atoms with Crippen molar-refractivity contribution in [2.24, 2.45) is 0 Å². The van der Waals surface area contributed by atoms with Gasteiger partial charge in [-0.05, 0) is 48.4 Å². The lowest BCUT2D eigenvalue weighted by atomic mass is 10.2. The number of rotatable bonds is 10. The number of methoxy groups -OCH3 is 1. The fourth-order valence-electron chi connectivity index (χ4n) is 2.50. The molecule has 1 N–H and O–H groups in total. The lowest BCUT2D eigenvalue weighted by Gasteiger charge is -2.15. The number of ether oxygens (including phenoxy) is 2. The molecule has 26 heavy (non-hydrogen) atoms. The molecule has 0 saturated heterocycles. The average molecular weight is 461 g/mol. The molecule has 6 heteroatoms. The van der Waals surface area contributed by atoms with Crippen molar-refractivity contribution in [3.05, 3.63) is 56.0 Å². The summed E-state index contributed by atoms with van der Waals surface area (Å²) in [5, 5.41) is 4.52. The second-order valence-corrected chi connectivity index (χ2v) is 7.68. The summed E-state index contributed by atoms with van der Waals surface area (Å²) in [5.41, 5.74) is 2.08. The van der Waals surface area contributed by atoms with E-state index in [0.717, 1.165) is 28.7 Å². The largest absolute Gasteiger partial charge is 0.493 e. The Balaban J connectivity index is 2.01. The summed E-state index contributed by atoms with van der Waals surface area (Å²) >= 11 is 15.6. The van der Waals surface area contributed by atoms with Gasteiger partial charge in [0.1, 0.15) is 6.61 Å². The molecule has 0 aliphatic heterocycles. The summed E-state index contributed by atoms with van der Waals surface area (Å²) in [6, 6.07) is 9.41. The fourth-order valence-corrected chi connectivity index (χ4v) is 3.28. The van der Waals surface area contributed by atoms with E-state index < -0.39 is 0 Å². The van der Waals surface area contributed by atoms with Gasteiger partial charge in [0, 0.05) is 11.0 Å². The third kappa shape index (κ3) is 6.34. The van der Waals surface area contributed by atoms with Crippen molar-refractivity contribution >= 4 is 39.1 Å². The molecule has 0 aromatic heterocycles. The third-order valence-electron chi connectivity index (χ3n) is 3.98. The molecule has 2 aromatic rings. The van der Waals surface area contributed by atoms with Crippen LogP contribution in [0.25, 0.3) is 0 Å². The van der Waals surface area contributed by atoms with Gasteiger partial charge >= 0.3 is 0 Å². The third-order valence-corrected chi connectivity index (χ3v) is 5.46. The number of halogens is 3. The maximum absolute atomic E-state index is 6.05. The van der Waals surface area contributed by atoms with Gasteiger partial charge in [-0.15, -0.1) is 0 Å². The Hall–Kier alpha value is -0.940. The molecule has 0 saturated carbocycles. The van der Waals surface area contributed by atoms with E-state index in [4.69, 9.17) is 32.7 Å². The Morgan fingerprint density at radius 2 is 1.85 bits per heavy atom. The fraction of sp³-hybridized carbons (Fsp3) is 0.400. The zero-order chi connectivity index (χ0) is 18.9. The molecule has 0 aliphatic carbocycles. The van der Waals surface area contributed by atoms with Crippen LogP contribution >= 0.6 is 39.1 Å². The quantitative estimate of drug-likeness (QED) is 0.404. The molecular formula is C20H24BrCl2NO2. The van der Waals surface area contributed by atoms with Gasteiger partial charge in [0.2, 0.25) is 0 Å². The van der Waals surface area contributed by atoms with Gasteiger partial charge in [0.15, 0.2) is 11.5 Å². The molecule has 0 aliphatic rings. The second-order valence-electron chi connectivity index (χ2n) is 6.02. The van der Waals surface area contributed by atoms with Crippen molar-refractivity contribution in [1.82, 2.24) is 5.32 Å². The molecule has 0 atom stereocenters. The highest BCUT2D eigenvalue weighted by molar-refractivity contribution is 9.10. The molecule has 0 unspecified atom stereocenters. The Bertz CT molecular complexity index is 725. The molecule has 0 bridgehead atoms. The van der Waals surface area contributed by atoms with Crippen molar-refractivity contribution in [1.29, 1.82) is 0 Å². The van der Waals surface area contributed by atoms with Crippen LogP contribution in [0.2, 0.25) is 10.0 Å². The monoisotopic (exact) mass is 459 g/mol. The minimum atomic E-state index is 0.383. The van der Waals surface area contributed by atoms with Gasteiger partial charge in [0.25, 0.3) is 0 Å². The predicted molar refractivity (Wildman–Crippen MR) is 113 cm³/mol. The zero-order valence-electron chi connectivity index (χ0n) is 15.1. The normalized spacial score (nSPS) is 10.8. The van der Waals surface area contributed by atoms with E-state index in [1.165, 1.54) is 19.3 Å². The van der Waals surface area contributed by atoms with E-state index >= 15 is 0 Å². The summed E-state index contributed by atoms with van der Waals surface area (Å²) in [6.45, 7) is 4.39. The van der Waals surface area contributed by atoms with Crippen molar-refractivity contribution in [2.75, 3.05) is 13.7 Å². The van der Waals surface area contributed by atoms with Crippen LogP contribution in [0, 0.1) is 0 Å². The molecule has 142 valence electrons. The van der Waals surface area contributed by atoms with Crippen LogP contribution in [0.15, 0.2) is 34.8 Å². The summed E-state index contributed by atoms with van der Waals surface area (Å²) in [5.74, 6) is 1.39. The smallest absolute Gasteiger partial charge is 0.162 e. The maximum Gasteiger partial charge on any atom is 0.162 e. The minimum Gasteiger partial charge on any atom is -0.493 e. The first-order valence-corrected chi connectivity index (χ1v) is 10.2. The molecule has 0 amide bonds. The first-order chi connectivity index (χ1) is 12.5. The summed E-state index contributed by atoms with van der Waals surface area (Å²) in [7, 11) is 1.65. The van der Waals surface area contributed by atoms with Crippen LogP contribution in [0.1, 0.15) is 37.3 Å². The minimum absolute atomic E-state index is 0.383. The Morgan fingerprint density at radius 1 is 1.04 bits per heavy atom. The number of nitrogens with one attached hydrogen (secondary N) is 1. The Morgan fingerprint density at radius 3 is 2.54 bits per heavy atom. The molecule has 0 fully saturated rings. The highest BCUT2D eigenvalue weighted by Crippen LogP contribution is 2.34. The first-order valence-electron chi connectivity index (χ1n) is 8.69. The van der Waals surface area contributed by atoms with Crippen LogP contribution < -0.4 is 14.8 Å². The van der Waals surface area contributed by atoms with E-state index in [-0.39, 0.29) is 0 Å². The summed E-state index contributed by atoms with van der Waals surface area (Å²) in [4.78, 5) is 0. The number of hydrogen-bond donors (Lipinski definition) is 1. The molecule has 0 radical (unpaired) electrons. The first kappa shape index (κ1) is 21.4. The maximum atomic E-state index is 6.05.